The fourth-order valence-corrected chi connectivity index (χ4v) is 2.07. The van der Waals surface area contributed by atoms with E-state index >= 15 is 0 Å². The average Bonchev–Trinajstić information content (AvgIpc) is 2.41. The largest absolute Gasteiger partial charge is 0.383 e. The smallest absolute Gasteiger partial charge is 0.225 e. The second-order valence-electron chi connectivity index (χ2n) is 5.51. The lowest BCUT2D eigenvalue weighted by atomic mass is 10.2. The minimum absolute atomic E-state index is 0.273. The van der Waals surface area contributed by atoms with Crippen molar-refractivity contribution in [3.63, 3.8) is 0 Å². The molecule has 0 aliphatic rings. The zero-order valence-corrected chi connectivity index (χ0v) is 13.4. The zero-order valence-electron chi connectivity index (χ0n) is 13.4. The molecule has 0 spiro atoms. The average molecular weight is 280 g/mol. The van der Waals surface area contributed by atoms with Gasteiger partial charge in [-0.3, -0.25) is 0 Å². The molecular weight excluding hydrogens is 252 g/mol. The van der Waals surface area contributed by atoms with Gasteiger partial charge in [0, 0.05) is 38.2 Å². The van der Waals surface area contributed by atoms with Crippen LogP contribution in [0.3, 0.4) is 0 Å². The Bertz CT molecular complexity index is 367. The number of methoxy groups -OCH3 is 1. The van der Waals surface area contributed by atoms with E-state index in [4.69, 9.17) is 4.74 Å². The van der Waals surface area contributed by atoms with Crippen LogP contribution >= 0.6 is 0 Å². The molecule has 1 unspecified atom stereocenters. The van der Waals surface area contributed by atoms with Crippen LogP contribution in [-0.2, 0) is 11.3 Å². The summed E-state index contributed by atoms with van der Waals surface area (Å²) in [5.41, 5.74) is 1.12. The SMILES string of the molecule is CCN(c1ncc(CNCC(C)C)cn1)C(C)COC. The van der Waals surface area contributed by atoms with Crippen LogP contribution < -0.4 is 10.2 Å². The summed E-state index contributed by atoms with van der Waals surface area (Å²) in [5.74, 6) is 1.42. The number of nitrogens with zero attached hydrogens (tertiary/aromatic N) is 3. The lowest BCUT2D eigenvalue weighted by Gasteiger charge is -2.27. The minimum atomic E-state index is 0.273. The summed E-state index contributed by atoms with van der Waals surface area (Å²) in [6, 6.07) is 0.273. The third kappa shape index (κ3) is 5.43. The molecule has 0 amide bonds. The molecule has 0 bridgehead atoms. The Morgan fingerprint density at radius 3 is 2.40 bits per heavy atom. The first kappa shape index (κ1) is 16.9. The van der Waals surface area contributed by atoms with Crippen LogP contribution in [0.4, 0.5) is 5.95 Å². The molecule has 0 aliphatic heterocycles. The molecule has 0 fully saturated rings. The Morgan fingerprint density at radius 2 is 1.90 bits per heavy atom. The Balaban J connectivity index is 2.59. The van der Waals surface area contributed by atoms with Gasteiger partial charge in [0.1, 0.15) is 0 Å². The van der Waals surface area contributed by atoms with E-state index in [2.05, 4.69) is 47.9 Å². The lowest BCUT2D eigenvalue weighted by Crippen LogP contribution is -2.37. The van der Waals surface area contributed by atoms with Gasteiger partial charge < -0.3 is 15.0 Å². The molecule has 5 nitrogen and oxygen atoms in total. The van der Waals surface area contributed by atoms with Gasteiger partial charge >= 0.3 is 0 Å². The summed E-state index contributed by atoms with van der Waals surface area (Å²) in [6.07, 6.45) is 3.80. The van der Waals surface area contributed by atoms with Gasteiger partial charge in [0.05, 0.1) is 12.6 Å². The molecule has 1 rings (SSSR count). The van der Waals surface area contributed by atoms with Gasteiger partial charge in [0.2, 0.25) is 5.95 Å². The molecule has 20 heavy (non-hydrogen) atoms. The maximum Gasteiger partial charge on any atom is 0.225 e. The quantitative estimate of drug-likeness (QED) is 0.750. The predicted molar refractivity (Wildman–Crippen MR) is 82.9 cm³/mol. The summed E-state index contributed by atoms with van der Waals surface area (Å²) in [6.45, 7) is 12.0. The highest BCUT2D eigenvalue weighted by Gasteiger charge is 2.14. The number of hydrogen-bond acceptors (Lipinski definition) is 5. The number of rotatable bonds is 9. The molecule has 0 saturated carbocycles. The topological polar surface area (TPSA) is 50.3 Å². The van der Waals surface area contributed by atoms with Crippen LogP contribution in [0.15, 0.2) is 12.4 Å². The number of aromatic nitrogens is 2. The maximum absolute atomic E-state index is 5.20. The molecule has 5 heteroatoms. The Morgan fingerprint density at radius 1 is 1.25 bits per heavy atom. The molecule has 1 atom stereocenters. The predicted octanol–water partition coefficient (Wildman–Crippen LogP) is 2.08. The van der Waals surface area contributed by atoms with Crippen molar-refractivity contribution in [1.29, 1.82) is 0 Å². The third-order valence-electron chi connectivity index (χ3n) is 3.11. The number of ether oxygens (including phenoxy) is 1. The van der Waals surface area contributed by atoms with Crippen molar-refractivity contribution in [2.45, 2.75) is 40.3 Å². The van der Waals surface area contributed by atoms with Crippen molar-refractivity contribution in [3.05, 3.63) is 18.0 Å². The van der Waals surface area contributed by atoms with E-state index in [0.717, 1.165) is 31.1 Å². The van der Waals surface area contributed by atoms with E-state index < -0.39 is 0 Å². The Hall–Kier alpha value is -1.20. The molecule has 114 valence electrons. The minimum Gasteiger partial charge on any atom is -0.383 e. The summed E-state index contributed by atoms with van der Waals surface area (Å²) >= 11 is 0. The van der Waals surface area contributed by atoms with Crippen LogP contribution in [0.5, 0.6) is 0 Å². The number of nitrogens with one attached hydrogen (secondary N) is 1. The zero-order chi connectivity index (χ0) is 15.0. The second kappa shape index (κ2) is 8.87. The first-order valence-electron chi connectivity index (χ1n) is 7.35. The molecule has 1 aromatic heterocycles. The highest BCUT2D eigenvalue weighted by Crippen LogP contribution is 2.11. The van der Waals surface area contributed by atoms with Crippen molar-refractivity contribution in [3.8, 4) is 0 Å². The summed E-state index contributed by atoms with van der Waals surface area (Å²) in [5, 5.41) is 3.39. The lowest BCUT2D eigenvalue weighted by molar-refractivity contribution is 0.181. The van der Waals surface area contributed by atoms with E-state index in [0.29, 0.717) is 12.5 Å². The van der Waals surface area contributed by atoms with Gasteiger partial charge in [-0.15, -0.1) is 0 Å². The van der Waals surface area contributed by atoms with Crippen molar-refractivity contribution >= 4 is 5.95 Å². The molecule has 0 aromatic carbocycles. The van der Waals surface area contributed by atoms with Crippen LogP contribution in [0.1, 0.15) is 33.3 Å². The molecule has 0 saturated heterocycles. The van der Waals surface area contributed by atoms with E-state index in [1.165, 1.54) is 0 Å². The van der Waals surface area contributed by atoms with Gasteiger partial charge in [-0.25, -0.2) is 9.97 Å². The fraction of sp³-hybridized carbons (Fsp3) is 0.733. The third-order valence-corrected chi connectivity index (χ3v) is 3.11. The number of anilines is 1. The maximum atomic E-state index is 5.20. The Kier molecular flexibility index (Phi) is 7.47. The second-order valence-corrected chi connectivity index (χ2v) is 5.51. The fourth-order valence-electron chi connectivity index (χ4n) is 2.07. The molecule has 0 radical (unpaired) electrons. The highest BCUT2D eigenvalue weighted by atomic mass is 16.5. The van der Waals surface area contributed by atoms with Crippen molar-refractivity contribution in [2.75, 3.05) is 31.7 Å². The summed E-state index contributed by atoms with van der Waals surface area (Å²) in [7, 11) is 1.72. The van der Waals surface area contributed by atoms with Crippen molar-refractivity contribution in [1.82, 2.24) is 15.3 Å². The molecule has 1 aromatic rings. The summed E-state index contributed by atoms with van der Waals surface area (Å²) < 4.78 is 5.20. The monoisotopic (exact) mass is 280 g/mol. The van der Waals surface area contributed by atoms with Gasteiger partial charge in [-0.05, 0) is 26.3 Å². The molecule has 0 aliphatic carbocycles. The molecule has 1 N–H and O–H groups in total. The van der Waals surface area contributed by atoms with Crippen molar-refractivity contribution in [2.24, 2.45) is 5.92 Å². The van der Waals surface area contributed by atoms with Gasteiger partial charge in [-0.1, -0.05) is 13.8 Å². The first-order valence-corrected chi connectivity index (χ1v) is 7.35. The van der Waals surface area contributed by atoms with Gasteiger partial charge in [0.15, 0.2) is 0 Å². The molecule has 1 heterocycles. The Labute approximate surface area is 122 Å². The highest BCUT2D eigenvalue weighted by molar-refractivity contribution is 5.31. The van der Waals surface area contributed by atoms with Crippen LogP contribution in [-0.4, -0.2) is 42.8 Å². The van der Waals surface area contributed by atoms with Gasteiger partial charge in [-0.2, -0.15) is 0 Å². The standard InChI is InChI=1S/C15H28N4O/c1-6-19(13(4)11-20-5)15-17-9-14(10-18-15)8-16-7-12(2)3/h9-10,12-13,16H,6-8,11H2,1-5H3. The van der Waals surface area contributed by atoms with E-state index in [1.54, 1.807) is 7.11 Å². The van der Waals surface area contributed by atoms with E-state index in [9.17, 15) is 0 Å². The summed E-state index contributed by atoms with van der Waals surface area (Å²) in [4.78, 5) is 11.1. The van der Waals surface area contributed by atoms with Crippen molar-refractivity contribution < 1.29 is 4.74 Å². The van der Waals surface area contributed by atoms with Crippen LogP contribution in [0.2, 0.25) is 0 Å². The molecular formula is C15H28N4O. The van der Waals surface area contributed by atoms with E-state index in [-0.39, 0.29) is 6.04 Å². The van der Waals surface area contributed by atoms with E-state index in [1.807, 2.05) is 12.4 Å². The van der Waals surface area contributed by atoms with Crippen LogP contribution in [0, 0.1) is 5.92 Å². The van der Waals surface area contributed by atoms with Gasteiger partial charge in [0.25, 0.3) is 0 Å². The number of likely N-dealkylation sites (N-methyl/N-ethyl adjacent to an activating group) is 1. The normalized spacial score (nSPS) is 12.7. The number of hydrogen-bond donors (Lipinski definition) is 1. The van der Waals surface area contributed by atoms with Crippen LogP contribution in [0.25, 0.3) is 0 Å². The first-order chi connectivity index (χ1) is 9.58.